The number of hydrogen-bond acceptors (Lipinski definition) is 6. The topological polar surface area (TPSA) is 95.7 Å². The van der Waals surface area contributed by atoms with Crippen LogP contribution in [0.25, 0.3) is 0 Å². The van der Waals surface area contributed by atoms with Crippen LogP contribution in [0.4, 0.5) is 0 Å². The summed E-state index contributed by atoms with van der Waals surface area (Å²) in [5.74, 6) is 1.67. The SMILES string of the molecule is COc1cccc(Oc2ccc(CNC(=O)C3(N)CCOCC3)cn2)c1.Cl.Cl. The number of pyridine rings is 1. The lowest BCUT2D eigenvalue weighted by Crippen LogP contribution is -2.56. The van der Waals surface area contributed by atoms with E-state index in [0.29, 0.717) is 50.0 Å². The predicted octanol–water partition coefficient (Wildman–Crippen LogP) is 2.85. The fourth-order valence-electron chi connectivity index (χ4n) is 2.68. The molecule has 1 aliphatic rings. The Morgan fingerprint density at radius 1 is 1.21 bits per heavy atom. The van der Waals surface area contributed by atoms with Crippen LogP contribution in [0.3, 0.4) is 0 Å². The third-order valence-electron chi connectivity index (χ3n) is 4.35. The van der Waals surface area contributed by atoms with Crippen LogP contribution in [0, 0.1) is 0 Å². The van der Waals surface area contributed by atoms with Crippen molar-refractivity contribution >= 4 is 30.7 Å². The molecule has 1 fully saturated rings. The minimum absolute atomic E-state index is 0. The molecule has 0 radical (unpaired) electrons. The molecule has 1 saturated heterocycles. The first-order chi connectivity index (χ1) is 12.6. The molecule has 154 valence electrons. The molecule has 1 aliphatic heterocycles. The van der Waals surface area contributed by atoms with Crippen LogP contribution >= 0.6 is 24.8 Å². The molecule has 28 heavy (non-hydrogen) atoms. The summed E-state index contributed by atoms with van der Waals surface area (Å²) in [6.45, 7) is 1.40. The van der Waals surface area contributed by atoms with E-state index in [1.54, 1.807) is 25.4 Å². The Morgan fingerprint density at radius 3 is 2.57 bits per heavy atom. The van der Waals surface area contributed by atoms with Crippen molar-refractivity contribution in [2.24, 2.45) is 5.73 Å². The molecule has 1 amide bonds. The summed E-state index contributed by atoms with van der Waals surface area (Å²) >= 11 is 0. The van der Waals surface area contributed by atoms with Crippen molar-refractivity contribution in [1.82, 2.24) is 10.3 Å². The van der Waals surface area contributed by atoms with Gasteiger partial charge in [0.1, 0.15) is 11.5 Å². The van der Waals surface area contributed by atoms with E-state index in [-0.39, 0.29) is 30.7 Å². The maximum Gasteiger partial charge on any atom is 0.240 e. The number of methoxy groups -OCH3 is 1. The molecule has 0 bridgehead atoms. The van der Waals surface area contributed by atoms with Gasteiger partial charge in [0.15, 0.2) is 0 Å². The van der Waals surface area contributed by atoms with Gasteiger partial charge in [-0.3, -0.25) is 4.79 Å². The first kappa shape index (κ1) is 24.0. The second kappa shape index (κ2) is 11.1. The lowest BCUT2D eigenvalue weighted by Gasteiger charge is -2.31. The molecule has 0 unspecified atom stereocenters. The Balaban J connectivity index is 0.00000196. The largest absolute Gasteiger partial charge is 0.497 e. The highest BCUT2D eigenvalue weighted by Crippen LogP contribution is 2.24. The Kier molecular flexibility index (Phi) is 9.48. The zero-order chi connectivity index (χ0) is 18.4. The average molecular weight is 430 g/mol. The standard InChI is InChI=1S/C19H23N3O4.2ClH/c1-24-15-3-2-4-16(11-15)26-17-6-5-14(12-21-17)13-22-18(23)19(20)7-9-25-10-8-19;;/h2-6,11-12H,7-10,13,20H2,1H3,(H,22,23);2*1H. The molecular formula is C19H25Cl2N3O4. The van der Waals surface area contributed by atoms with Gasteiger partial charge in [-0.15, -0.1) is 24.8 Å². The van der Waals surface area contributed by atoms with E-state index in [2.05, 4.69) is 10.3 Å². The van der Waals surface area contributed by atoms with E-state index in [0.717, 1.165) is 5.56 Å². The van der Waals surface area contributed by atoms with Gasteiger partial charge in [0.05, 0.1) is 12.6 Å². The van der Waals surface area contributed by atoms with Gasteiger partial charge in [0.25, 0.3) is 0 Å². The molecule has 2 aromatic rings. The second-order valence-corrected chi connectivity index (χ2v) is 6.24. The van der Waals surface area contributed by atoms with Gasteiger partial charge in [-0.2, -0.15) is 0 Å². The highest BCUT2D eigenvalue weighted by atomic mass is 35.5. The molecule has 7 nitrogen and oxygen atoms in total. The van der Waals surface area contributed by atoms with E-state index in [4.69, 9.17) is 19.9 Å². The summed E-state index contributed by atoms with van der Waals surface area (Å²) in [6, 6.07) is 10.9. The summed E-state index contributed by atoms with van der Waals surface area (Å²) < 4.78 is 16.1. The Labute approximate surface area is 176 Å². The number of amides is 1. The smallest absolute Gasteiger partial charge is 0.240 e. The highest BCUT2D eigenvalue weighted by Gasteiger charge is 2.35. The Morgan fingerprint density at radius 2 is 1.93 bits per heavy atom. The fourth-order valence-corrected chi connectivity index (χ4v) is 2.68. The van der Waals surface area contributed by atoms with E-state index in [1.165, 1.54) is 0 Å². The normalized spacial score (nSPS) is 14.8. The first-order valence-corrected chi connectivity index (χ1v) is 8.51. The lowest BCUT2D eigenvalue weighted by molar-refractivity contribution is -0.129. The number of aromatic nitrogens is 1. The summed E-state index contributed by atoms with van der Waals surface area (Å²) in [5.41, 5.74) is 6.18. The van der Waals surface area contributed by atoms with Gasteiger partial charge in [-0.25, -0.2) is 4.98 Å². The van der Waals surface area contributed by atoms with Crippen molar-refractivity contribution in [3.05, 3.63) is 48.2 Å². The van der Waals surface area contributed by atoms with Gasteiger partial charge in [-0.05, 0) is 30.5 Å². The molecule has 0 aliphatic carbocycles. The van der Waals surface area contributed by atoms with Gasteiger partial charge in [-0.1, -0.05) is 12.1 Å². The zero-order valence-corrected chi connectivity index (χ0v) is 17.2. The zero-order valence-electron chi connectivity index (χ0n) is 15.6. The van der Waals surface area contributed by atoms with E-state index < -0.39 is 5.54 Å². The number of benzene rings is 1. The molecule has 1 aromatic heterocycles. The number of ether oxygens (including phenoxy) is 3. The van der Waals surface area contributed by atoms with E-state index >= 15 is 0 Å². The molecule has 0 atom stereocenters. The minimum atomic E-state index is -0.846. The number of nitrogens with two attached hydrogens (primary N) is 1. The third kappa shape index (κ3) is 6.24. The van der Waals surface area contributed by atoms with Crippen molar-refractivity contribution in [2.75, 3.05) is 20.3 Å². The number of carbonyl (C=O) groups is 1. The third-order valence-corrected chi connectivity index (χ3v) is 4.35. The van der Waals surface area contributed by atoms with Crippen LogP contribution in [0.1, 0.15) is 18.4 Å². The number of hydrogen-bond donors (Lipinski definition) is 2. The molecule has 0 spiro atoms. The lowest BCUT2D eigenvalue weighted by atomic mass is 9.90. The van der Waals surface area contributed by atoms with Gasteiger partial charge in [0.2, 0.25) is 11.8 Å². The predicted molar refractivity (Wildman–Crippen MR) is 111 cm³/mol. The molecular weight excluding hydrogens is 405 g/mol. The van der Waals surface area contributed by atoms with Crippen molar-refractivity contribution in [3.8, 4) is 17.4 Å². The van der Waals surface area contributed by atoms with Crippen LogP contribution in [-0.2, 0) is 16.1 Å². The second-order valence-electron chi connectivity index (χ2n) is 6.24. The van der Waals surface area contributed by atoms with Crippen LogP contribution in [-0.4, -0.2) is 36.8 Å². The number of rotatable bonds is 6. The van der Waals surface area contributed by atoms with Crippen molar-refractivity contribution in [1.29, 1.82) is 0 Å². The molecule has 3 rings (SSSR count). The van der Waals surface area contributed by atoms with Crippen molar-refractivity contribution < 1.29 is 19.0 Å². The fraction of sp³-hybridized carbons (Fsp3) is 0.368. The molecule has 1 aromatic carbocycles. The van der Waals surface area contributed by atoms with E-state index in [1.807, 2.05) is 24.3 Å². The van der Waals surface area contributed by atoms with E-state index in [9.17, 15) is 4.79 Å². The maximum absolute atomic E-state index is 12.3. The molecule has 0 saturated carbocycles. The molecule has 2 heterocycles. The van der Waals surface area contributed by atoms with Crippen LogP contribution in [0.5, 0.6) is 17.4 Å². The molecule has 9 heteroatoms. The number of halogens is 2. The highest BCUT2D eigenvalue weighted by molar-refractivity contribution is 5.86. The van der Waals surface area contributed by atoms with Crippen molar-refractivity contribution in [3.63, 3.8) is 0 Å². The molecule has 3 N–H and O–H groups in total. The van der Waals surface area contributed by atoms with Gasteiger partial charge in [0, 0.05) is 38.1 Å². The number of nitrogens with one attached hydrogen (secondary N) is 1. The maximum atomic E-state index is 12.3. The summed E-state index contributed by atoms with van der Waals surface area (Å²) in [5, 5.41) is 2.88. The number of nitrogens with zero attached hydrogens (tertiary/aromatic N) is 1. The summed E-state index contributed by atoms with van der Waals surface area (Å²) in [4.78, 5) is 16.6. The monoisotopic (exact) mass is 429 g/mol. The van der Waals surface area contributed by atoms with Crippen LogP contribution in [0.2, 0.25) is 0 Å². The summed E-state index contributed by atoms with van der Waals surface area (Å²) in [6.07, 6.45) is 2.73. The first-order valence-electron chi connectivity index (χ1n) is 8.51. The Bertz CT molecular complexity index is 753. The van der Waals surface area contributed by atoms with Crippen LogP contribution in [0.15, 0.2) is 42.6 Å². The summed E-state index contributed by atoms with van der Waals surface area (Å²) in [7, 11) is 1.60. The van der Waals surface area contributed by atoms with Gasteiger partial charge < -0.3 is 25.3 Å². The van der Waals surface area contributed by atoms with Crippen LogP contribution < -0.4 is 20.5 Å². The van der Waals surface area contributed by atoms with Gasteiger partial charge >= 0.3 is 0 Å². The Hall–Kier alpha value is -2.06. The average Bonchev–Trinajstić information content (AvgIpc) is 2.68. The number of carbonyl (C=O) groups excluding carboxylic acids is 1. The quantitative estimate of drug-likeness (QED) is 0.732. The van der Waals surface area contributed by atoms with Crippen molar-refractivity contribution in [2.45, 2.75) is 24.9 Å². The minimum Gasteiger partial charge on any atom is -0.497 e.